The molecule has 2 aliphatic heterocycles. The Morgan fingerprint density at radius 2 is 2.00 bits per heavy atom. The molecule has 0 aromatic heterocycles. The average molecular weight is 386 g/mol. The fourth-order valence-corrected chi connectivity index (χ4v) is 4.31. The van der Waals surface area contributed by atoms with Crippen LogP contribution in [0, 0.1) is 5.92 Å². The highest BCUT2D eigenvalue weighted by molar-refractivity contribution is 6.35. The second kappa shape index (κ2) is 6.55. The van der Waals surface area contributed by atoms with Crippen LogP contribution in [0.5, 0.6) is 5.75 Å². The zero-order valence-corrected chi connectivity index (χ0v) is 15.8. The van der Waals surface area contributed by atoms with Gasteiger partial charge < -0.3 is 15.4 Å². The second-order valence-corrected chi connectivity index (χ2v) is 7.38. The topological polar surface area (TPSA) is 79.5 Å². The van der Waals surface area contributed by atoms with Gasteiger partial charge in [-0.05, 0) is 43.7 Å². The molecule has 2 aromatic rings. The molecule has 3 N–H and O–H groups in total. The van der Waals surface area contributed by atoms with Gasteiger partial charge in [0, 0.05) is 17.3 Å². The Morgan fingerprint density at radius 3 is 2.70 bits per heavy atom. The van der Waals surface area contributed by atoms with E-state index in [-0.39, 0.29) is 17.9 Å². The van der Waals surface area contributed by atoms with Crippen molar-refractivity contribution in [2.45, 2.75) is 24.9 Å². The first kappa shape index (κ1) is 17.8. The number of halogens is 1. The number of ether oxygens (including phenoxy) is 1. The zero-order chi connectivity index (χ0) is 19.2. The predicted octanol–water partition coefficient (Wildman–Crippen LogP) is 3.13. The minimum Gasteiger partial charge on any atom is -0.497 e. The highest BCUT2D eigenvalue weighted by Gasteiger charge is 2.59. The minimum absolute atomic E-state index is 0.00676. The van der Waals surface area contributed by atoms with Gasteiger partial charge in [-0.1, -0.05) is 23.7 Å². The van der Waals surface area contributed by atoms with Crippen LogP contribution < -0.4 is 20.7 Å². The van der Waals surface area contributed by atoms with Crippen molar-refractivity contribution in [3.05, 3.63) is 53.1 Å². The number of carbonyl (C=O) groups is 2. The van der Waals surface area contributed by atoms with Gasteiger partial charge in [-0.25, -0.2) is 0 Å². The van der Waals surface area contributed by atoms with Crippen molar-refractivity contribution in [1.29, 1.82) is 0 Å². The summed E-state index contributed by atoms with van der Waals surface area (Å²) in [4.78, 5) is 26.1. The van der Waals surface area contributed by atoms with E-state index in [4.69, 9.17) is 16.3 Å². The molecule has 2 amide bonds. The van der Waals surface area contributed by atoms with Crippen molar-refractivity contribution >= 4 is 34.8 Å². The maximum Gasteiger partial charge on any atom is 0.250 e. The van der Waals surface area contributed by atoms with Crippen LogP contribution in [-0.2, 0) is 15.1 Å². The summed E-state index contributed by atoms with van der Waals surface area (Å²) in [6.45, 7) is 1.97. The summed E-state index contributed by atoms with van der Waals surface area (Å²) in [6, 6.07) is 12.5. The lowest BCUT2D eigenvalue weighted by molar-refractivity contribution is -0.130. The number of para-hydroxylation sites is 1. The lowest BCUT2D eigenvalue weighted by atomic mass is 9.79. The van der Waals surface area contributed by atoms with Crippen LogP contribution in [0.2, 0.25) is 5.02 Å². The second-order valence-electron chi connectivity index (χ2n) is 6.98. The molecule has 0 aliphatic carbocycles. The summed E-state index contributed by atoms with van der Waals surface area (Å²) < 4.78 is 5.14. The molecule has 0 bridgehead atoms. The van der Waals surface area contributed by atoms with Gasteiger partial charge in [0.15, 0.2) is 0 Å². The first-order chi connectivity index (χ1) is 13.0. The minimum atomic E-state index is -1.11. The summed E-state index contributed by atoms with van der Waals surface area (Å²) in [5.41, 5.74) is 0.836. The van der Waals surface area contributed by atoms with Crippen molar-refractivity contribution in [2.75, 3.05) is 17.7 Å². The van der Waals surface area contributed by atoms with Crippen LogP contribution in [0.1, 0.15) is 18.9 Å². The summed E-state index contributed by atoms with van der Waals surface area (Å²) >= 11 is 6.26. The lowest BCUT2D eigenvalue weighted by Gasteiger charge is -2.29. The Labute approximate surface area is 162 Å². The zero-order valence-electron chi connectivity index (χ0n) is 15.0. The van der Waals surface area contributed by atoms with Crippen molar-refractivity contribution < 1.29 is 14.3 Å². The molecule has 2 aromatic carbocycles. The quantitative estimate of drug-likeness (QED) is 0.758. The highest BCUT2D eigenvalue weighted by atomic mass is 35.5. The molecule has 0 radical (unpaired) electrons. The van der Waals surface area contributed by atoms with Crippen molar-refractivity contribution in [2.24, 2.45) is 5.92 Å². The third-order valence-electron chi connectivity index (χ3n) is 5.30. The Hall–Kier alpha value is -2.57. The molecular formula is C20H20ClN3O3. The molecule has 2 aliphatic rings. The first-order valence-electron chi connectivity index (χ1n) is 8.78. The maximum absolute atomic E-state index is 13.1. The third kappa shape index (κ3) is 2.76. The van der Waals surface area contributed by atoms with Gasteiger partial charge in [0.25, 0.3) is 0 Å². The summed E-state index contributed by atoms with van der Waals surface area (Å²) in [5.74, 6) is -0.307. The summed E-state index contributed by atoms with van der Waals surface area (Å²) in [5, 5.41) is 9.59. The van der Waals surface area contributed by atoms with Gasteiger partial charge in [0.1, 0.15) is 11.3 Å². The molecule has 3 atom stereocenters. The maximum atomic E-state index is 13.1. The molecule has 140 valence electrons. The van der Waals surface area contributed by atoms with Crippen LogP contribution in [0.3, 0.4) is 0 Å². The van der Waals surface area contributed by atoms with E-state index in [1.165, 1.54) is 0 Å². The Bertz CT molecular complexity index is 915. The van der Waals surface area contributed by atoms with E-state index in [2.05, 4.69) is 16.0 Å². The summed E-state index contributed by atoms with van der Waals surface area (Å²) in [7, 11) is 1.59. The van der Waals surface area contributed by atoms with Gasteiger partial charge in [0.2, 0.25) is 11.8 Å². The van der Waals surface area contributed by atoms with Crippen LogP contribution >= 0.6 is 11.6 Å². The molecule has 2 heterocycles. The molecule has 6 nitrogen and oxygen atoms in total. The Kier molecular flexibility index (Phi) is 4.32. The molecule has 1 saturated heterocycles. The number of anilines is 2. The highest BCUT2D eigenvalue weighted by Crippen LogP contribution is 2.49. The van der Waals surface area contributed by atoms with Crippen molar-refractivity contribution in [1.82, 2.24) is 5.32 Å². The van der Waals surface area contributed by atoms with Gasteiger partial charge >= 0.3 is 0 Å². The van der Waals surface area contributed by atoms with Crippen molar-refractivity contribution in [3.63, 3.8) is 0 Å². The van der Waals surface area contributed by atoms with Gasteiger partial charge in [0.05, 0.1) is 23.7 Å². The Morgan fingerprint density at radius 1 is 1.26 bits per heavy atom. The van der Waals surface area contributed by atoms with E-state index >= 15 is 0 Å². The standard InChI is InChI=1S/C20H20ClN3O3/c1-11-10-15(18(25)22-12-6-8-13(27-2)9-7-12)20(24-11)14-4-3-5-16(21)17(14)23-19(20)26/h3-9,11,15,24H,10H2,1-2H3,(H,22,25)(H,23,26). The largest absolute Gasteiger partial charge is 0.497 e. The van der Waals surface area contributed by atoms with Gasteiger partial charge in [-0.15, -0.1) is 0 Å². The molecule has 27 heavy (non-hydrogen) atoms. The molecule has 7 heteroatoms. The molecule has 1 fully saturated rings. The lowest BCUT2D eigenvalue weighted by Crippen LogP contribution is -2.52. The molecule has 0 saturated carbocycles. The third-order valence-corrected chi connectivity index (χ3v) is 5.61. The SMILES string of the molecule is COc1ccc(NC(=O)C2CC(C)NC23C(=O)Nc2c(Cl)cccc23)cc1. The van der Waals surface area contributed by atoms with E-state index in [9.17, 15) is 9.59 Å². The number of methoxy groups -OCH3 is 1. The number of carbonyl (C=O) groups excluding carboxylic acids is 2. The molecule has 4 rings (SSSR count). The summed E-state index contributed by atoms with van der Waals surface area (Å²) in [6.07, 6.45) is 0.543. The van der Waals surface area contributed by atoms with Crippen LogP contribution in [-0.4, -0.2) is 25.0 Å². The Balaban J connectivity index is 1.68. The number of rotatable bonds is 3. The normalized spacial score (nSPS) is 26.0. The van der Waals surface area contributed by atoms with Gasteiger partial charge in [-0.3, -0.25) is 14.9 Å². The first-order valence-corrected chi connectivity index (χ1v) is 9.16. The number of hydrogen-bond donors (Lipinski definition) is 3. The molecule has 3 unspecified atom stereocenters. The van der Waals surface area contributed by atoms with Gasteiger partial charge in [-0.2, -0.15) is 0 Å². The fraction of sp³-hybridized carbons (Fsp3) is 0.300. The number of benzene rings is 2. The van der Waals surface area contributed by atoms with Crippen LogP contribution in [0.15, 0.2) is 42.5 Å². The van der Waals surface area contributed by atoms with Crippen LogP contribution in [0.25, 0.3) is 0 Å². The van der Waals surface area contributed by atoms with E-state index in [1.54, 1.807) is 43.5 Å². The number of fused-ring (bicyclic) bond motifs is 2. The number of amides is 2. The fourth-order valence-electron chi connectivity index (χ4n) is 4.09. The van der Waals surface area contributed by atoms with E-state index < -0.39 is 11.5 Å². The predicted molar refractivity (Wildman–Crippen MR) is 104 cm³/mol. The van der Waals surface area contributed by atoms with E-state index in [0.717, 1.165) is 5.56 Å². The van der Waals surface area contributed by atoms with Crippen LogP contribution in [0.4, 0.5) is 11.4 Å². The monoisotopic (exact) mass is 385 g/mol. The molecular weight excluding hydrogens is 366 g/mol. The van der Waals surface area contributed by atoms with Crippen molar-refractivity contribution in [3.8, 4) is 5.75 Å². The molecule has 1 spiro atoms. The number of hydrogen-bond acceptors (Lipinski definition) is 4. The smallest absolute Gasteiger partial charge is 0.250 e. The van der Waals surface area contributed by atoms with E-state index in [1.807, 2.05) is 13.0 Å². The number of nitrogens with one attached hydrogen (secondary N) is 3. The average Bonchev–Trinajstić information content (AvgIpc) is 3.15. The van der Waals surface area contributed by atoms with E-state index in [0.29, 0.717) is 28.6 Å².